The van der Waals surface area contributed by atoms with Crippen LogP contribution in [0.5, 0.6) is 0 Å². The van der Waals surface area contributed by atoms with Crippen LogP contribution in [-0.2, 0) is 18.3 Å². The Morgan fingerprint density at radius 3 is 2.52 bits per heavy atom. The zero-order chi connectivity index (χ0) is 16.1. The lowest BCUT2D eigenvalue weighted by Crippen LogP contribution is -2.41. The van der Waals surface area contributed by atoms with Crippen LogP contribution >= 0.6 is 7.82 Å². The lowest BCUT2D eigenvalue weighted by molar-refractivity contribution is -0.870. The number of methoxy groups -OCH3 is 1. The summed E-state index contributed by atoms with van der Waals surface area (Å²) in [5.74, 6) is -1.18. The molecule has 3 atom stereocenters. The number of hydrogen-bond acceptors (Lipinski definition) is 5. The average molecular weight is 321 g/mol. The van der Waals surface area contributed by atoms with Crippen molar-refractivity contribution in [3.63, 3.8) is 0 Å². The first-order chi connectivity index (χ1) is 9.58. The molecule has 0 saturated heterocycles. The summed E-state index contributed by atoms with van der Waals surface area (Å²) in [5, 5.41) is 0. The molecule has 0 fully saturated rings. The van der Waals surface area contributed by atoms with E-state index in [1.165, 1.54) is 7.11 Å². The predicted molar refractivity (Wildman–Crippen MR) is 79.4 cm³/mol. The van der Waals surface area contributed by atoms with Gasteiger partial charge in [-0.3, -0.25) is 9.09 Å². The fraction of sp³-hybridized carbons (Fsp3) is 0.857. The summed E-state index contributed by atoms with van der Waals surface area (Å²) in [4.78, 5) is 12.0. The first-order valence-electron chi connectivity index (χ1n) is 7.25. The third-order valence-corrected chi connectivity index (χ3v) is 4.81. The normalized spacial score (nSPS) is 25.3. The molecular formula is C14H28NO5P. The fourth-order valence-electron chi connectivity index (χ4n) is 2.22. The summed E-state index contributed by atoms with van der Waals surface area (Å²) in [6.45, 7) is 2.32. The van der Waals surface area contributed by atoms with E-state index in [1.54, 1.807) is 6.92 Å². The third kappa shape index (κ3) is 6.59. The Labute approximate surface area is 127 Å². The van der Waals surface area contributed by atoms with Crippen LogP contribution in [0.3, 0.4) is 0 Å². The molecule has 0 aromatic heterocycles. The van der Waals surface area contributed by atoms with E-state index in [-0.39, 0.29) is 12.5 Å². The Morgan fingerprint density at radius 1 is 1.38 bits per heavy atom. The molecule has 0 N–H and O–H groups in total. The minimum Gasteiger partial charge on any atom is -0.756 e. The Morgan fingerprint density at radius 2 is 2.05 bits per heavy atom. The molecule has 7 heteroatoms. The van der Waals surface area contributed by atoms with Gasteiger partial charge in [0.25, 0.3) is 7.82 Å². The Balaban J connectivity index is 2.61. The van der Waals surface area contributed by atoms with E-state index in [0.29, 0.717) is 11.0 Å². The zero-order valence-electron chi connectivity index (χ0n) is 13.7. The van der Waals surface area contributed by atoms with Crippen LogP contribution in [0.15, 0.2) is 12.2 Å². The topological polar surface area (TPSA) is 67.8 Å². The van der Waals surface area contributed by atoms with Gasteiger partial charge in [0.2, 0.25) is 0 Å². The highest BCUT2D eigenvalue weighted by atomic mass is 31.2. The summed E-state index contributed by atoms with van der Waals surface area (Å²) in [6.07, 6.45) is 6.59. The van der Waals surface area contributed by atoms with Crippen molar-refractivity contribution in [2.75, 3.05) is 41.4 Å². The van der Waals surface area contributed by atoms with Gasteiger partial charge in [-0.25, -0.2) is 0 Å². The van der Waals surface area contributed by atoms with Crippen LogP contribution in [0.25, 0.3) is 0 Å². The van der Waals surface area contributed by atoms with Crippen LogP contribution < -0.4 is 4.89 Å². The Kier molecular flexibility index (Phi) is 6.59. The molecule has 1 aliphatic carbocycles. The molecule has 0 heterocycles. The number of likely N-dealkylation sites (N-methyl/N-ethyl adjacent to an activating group) is 1. The zero-order valence-corrected chi connectivity index (χ0v) is 14.6. The molecule has 0 bridgehead atoms. The van der Waals surface area contributed by atoms with Gasteiger partial charge in [0.05, 0.1) is 21.1 Å². The van der Waals surface area contributed by atoms with Crippen LogP contribution in [0.4, 0.5) is 0 Å². The molecule has 1 rings (SSSR count). The van der Waals surface area contributed by atoms with Crippen molar-refractivity contribution in [3.05, 3.63) is 12.2 Å². The number of nitrogens with zero attached hydrogens (tertiary/aromatic N) is 1. The number of hydrogen-bond donors (Lipinski definition) is 0. The fourth-order valence-corrected chi connectivity index (χ4v) is 3.25. The molecule has 124 valence electrons. The summed E-state index contributed by atoms with van der Waals surface area (Å²) in [6, 6.07) is 0. The number of quaternary nitrogens is 1. The van der Waals surface area contributed by atoms with Crippen molar-refractivity contribution >= 4 is 7.82 Å². The minimum atomic E-state index is -4.39. The van der Waals surface area contributed by atoms with E-state index in [4.69, 9.17) is 13.8 Å². The van der Waals surface area contributed by atoms with Gasteiger partial charge in [-0.15, -0.1) is 0 Å². The van der Waals surface area contributed by atoms with Crippen molar-refractivity contribution in [1.82, 2.24) is 0 Å². The van der Waals surface area contributed by atoms with Crippen molar-refractivity contribution in [1.29, 1.82) is 0 Å². The molecule has 0 radical (unpaired) electrons. The molecule has 6 nitrogen and oxygen atoms in total. The molecule has 0 aromatic rings. The molecule has 0 spiro atoms. The van der Waals surface area contributed by atoms with Crippen molar-refractivity contribution in [2.45, 2.75) is 32.0 Å². The summed E-state index contributed by atoms with van der Waals surface area (Å²) in [7, 11) is 2.97. The molecule has 0 aliphatic heterocycles. The largest absolute Gasteiger partial charge is 0.756 e. The van der Waals surface area contributed by atoms with E-state index >= 15 is 0 Å². The summed E-state index contributed by atoms with van der Waals surface area (Å²) >= 11 is 0. The van der Waals surface area contributed by atoms with Gasteiger partial charge in [0.1, 0.15) is 13.2 Å². The maximum atomic E-state index is 12.0. The maximum absolute atomic E-state index is 12.0. The van der Waals surface area contributed by atoms with E-state index in [2.05, 4.69) is 6.08 Å². The summed E-state index contributed by atoms with van der Waals surface area (Å²) < 4.78 is 28.2. The van der Waals surface area contributed by atoms with Gasteiger partial charge in [-0.05, 0) is 26.2 Å². The quantitative estimate of drug-likeness (QED) is 0.296. The molecule has 0 aromatic carbocycles. The van der Waals surface area contributed by atoms with E-state index in [9.17, 15) is 9.46 Å². The number of allylic oxidation sites excluding steroid dienone is 2. The lowest BCUT2D eigenvalue weighted by Gasteiger charge is -2.40. The second-order valence-corrected chi connectivity index (χ2v) is 7.92. The standard InChI is InChI=1S/C14H28NO5P/c1-14(18-5,13-9-7-6-8-10-13)20-21(16,17)19-12-11-15(2,3)4/h6-7,13H,8-12H2,1-5H3. The SMILES string of the molecule is COC(C)(OP(=O)([O-])OCC[N+](C)(C)C)C1CC=CCC1. The lowest BCUT2D eigenvalue weighted by atomic mass is 9.88. The molecule has 0 amide bonds. The Hall–Kier alpha value is -0.230. The van der Waals surface area contributed by atoms with Gasteiger partial charge >= 0.3 is 0 Å². The highest BCUT2D eigenvalue weighted by Crippen LogP contribution is 2.47. The minimum absolute atomic E-state index is 0.00299. The highest BCUT2D eigenvalue weighted by Gasteiger charge is 2.38. The number of phosphoric acid groups is 1. The second-order valence-electron chi connectivity index (χ2n) is 6.59. The number of rotatable bonds is 8. The van der Waals surface area contributed by atoms with Gasteiger partial charge in [-0.1, -0.05) is 12.2 Å². The average Bonchev–Trinajstić information content (AvgIpc) is 2.37. The molecule has 21 heavy (non-hydrogen) atoms. The maximum Gasteiger partial charge on any atom is 0.270 e. The van der Waals surface area contributed by atoms with Crippen LogP contribution in [0.2, 0.25) is 0 Å². The monoisotopic (exact) mass is 321 g/mol. The molecule has 1 aliphatic rings. The van der Waals surface area contributed by atoms with Crippen LogP contribution in [-0.4, -0.2) is 51.7 Å². The molecule has 3 unspecified atom stereocenters. The van der Waals surface area contributed by atoms with Gasteiger partial charge in [0, 0.05) is 13.0 Å². The third-order valence-electron chi connectivity index (χ3n) is 3.72. The van der Waals surface area contributed by atoms with Gasteiger partial charge in [-0.2, -0.15) is 0 Å². The van der Waals surface area contributed by atoms with Crippen molar-refractivity contribution < 1.29 is 27.7 Å². The van der Waals surface area contributed by atoms with E-state index in [0.717, 1.165) is 19.3 Å². The van der Waals surface area contributed by atoms with Crippen LogP contribution in [0, 0.1) is 5.92 Å². The highest BCUT2D eigenvalue weighted by molar-refractivity contribution is 7.45. The van der Waals surface area contributed by atoms with Crippen molar-refractivity contribution in [3.8, 4) is 0 Å². The predicted octanol–water partition coefficient (Wildman–Crippen LogP) is 1.91. The number of ether oxygens (including phenoxy) is 1. The first-order valence-corrected chi connectivity index (χ1v) is 8.71. The second kappa shape index (κ2) is 7.36. The van der Waals surface area contributed by atoms with Gasteiger partial charge in [0.15, 0.2) is 5.79 Å². The van der Waals surface area contributed by atoms with E-state index in [1.807, 2.05) is 27.2 Å². The molecule has 0 saturated carbocycles. The van der Waals surface area contributed by atoms with Crippen LogP contribution in [0.1, 0.15) is 26.2 Å². The smallest absolute Gasteiger partial charge is 0.270 e. The van der Waals surface area contributed by atoms with E-state index < -0.39 is 13.6 Å². The number of phosphoric ester groups is 1. The Bertz CT molecular complexity index is 407. The first kappa shape index (κ1) is 18.8. The summed E-state index contributed by atoms with van der Waals surface area (Å²) in [5.41, 5.74) is 0. The van der Waals surface area contributed by atoms with Gasteiger partial charge < -0.3 is 18.6 Å². The van der Waals surface area contributed by atoms with Crippen molar-refractivity contribution in [2.24, 2.45) is 5.92 Å². The molecular weight excluding hydrogens is 293 g/mol.